The molecule has 0 aliphatic carbocycles. The number of amides is 2. The standard InChI is InChI=1S/C15H22N2O3/c1-11-3-5-13(6-4-11)9-20-12(2)14(17-10-18)7-8-15(16)19/h3-6,10,12,14H,7-9H2,1-2H3,(H2,16,19)(H,17,18). The smallest absolute Gasteiger partial charge is 0.217 e. The molecule has 1 rings (SSSR count). The van der Waals surface area contributed by atoms with E-state index in [0.29, 0.717) is 19.4 Å². The van der Waals surface area contributed by atoms with E-state index in [-0.39, 0.29) is 24.5 Å². The summed E-state index contributed by atoms with van der Waals surface area (Å²) in [5.74, 6) is -0.381. The molecule has 0 fully saturated rings. The number of primary amides is 1. The third-order valence-electron chi connectivity index (χ3n) is 3.18. The average molecular weight is 278 g/mol. The van der Waals surface area contributed by atoms with Gasteiger partial charge < -0.3 is 15.8 Å². The Labute approximate surface area is 119 Å². The molecule has 110 valence electrons. The van der Waals surface area contributed by atoms with E-state index in [9.17, 15) is 9.59 Å². The summed E-state index contributed by atoms with van der Waals surface area (Å²) in [6, 6.07) is 7.85. The molecule has 0 heterocycles. The minimum atomic E-state index is -0.381. The van der Waals surface area contributed by atoms with E-state index in [4.69, 9.17) is 10.5 Å². The summed E-state index contributed by atoms with van der Waals surface area (Å²) in [6.07, 6.45) is 1.13. The van der Waals surface area contributed by atoms with Crippen molar-refractivity contribution in [2.45, 2.75) is 45.4 Å². The molecule has 0 radical (unpaired) electrons. The molecule has 0 aliphatic heterocycles. The molecular formula is C15H22N2O3. The highest BCUT2D eigenvalue weighted by Crippen LogP contribution is 2.10. The van der Waals surface area contributed by atoms with Gasteiger partial charge in [0.1, 0.15) is 0 Å². The molecule has 2 atom stereocenters. The van der Waals surface area contributed by atoms with Gasteiger partial charge >= 0.3 is 0 Å². The second-order valence-electron chi connectivity index (χ2n) is 4.90. The molecule has 1 aromatic rings. The Morgan fingerprint density at radius 3 is 2.60 bits per heavy atom. The molecule has 20 heavy (non-hydrogen) atoms. The summed E-state index contributed by atoms with van der Waals surface area (Å²) < 4.78 is 5.74. The van der Waals surface area contributed by atoms with Gasteiger partial charge in [0.25, 0.3) is 0 Å². The molecule has 3 N–H and O–H groups in total. The fraction of sp³-hybridized carbons (Fsp3) is 0.467. The minimum Gasteiger partial charge on any atom is -0.372 e. The number of hydrogen-bond acceptors (Lipinski definition) is 3. The van der Waals surface area contributed by atoms with Crippen LogP contribution in [0.3, 0.4) is 0 Å². The Balaban J connectivity index is 2.47. The van der Waals surface area contributed by atoms with Crippen LogP contribution in [0, 0.1) is 6.92 Å². The molecule has 0 bridgehead atoms. The van der Waals surface area contributed by atoms with E-state index in [1.54, 1.807) is 0 Å². The Morgan fingerprint density at radius 1 is 1.40 bits per heavy atom. The fourth-order valence-electron chi connectivity index (χ4n) is 1.87. The Morgan fingerprint density at radius 2 is 2.05 bits per heavy atom. The number of ether oxygens (including phenoxy) is 1. The van der Waals surface area contributed by atoms with Gasteiger partial charge in [-0.1, -0.05) is 29.8 Å². The highest BCUT2D eigenvalue weighted by molar-refractivity contribution is 5.73. The van der Waals surface area contributed by atoms with Crippen molar-refractivity contribution in [3.05, 3.63) is 35.4 Å². The van der Waals surface area contributed by atoms with Crippen molar-refractivity contribution in [3.8, 4) is 0 Å². The van der Waals surface area contributed by atoms with Gasteiger partial charge in [0, 0.05) is 6.42 Å². The lowest BCUT2D eigenvalue weighted by molar-refractivity contribution is -0.119. The van der Waals surface area contributed by atoms with Gasteiger partial charge in [0.15, 0.2) is 0 Å². The maximum Gasteiger partial charge on any atom is 0.217 e. The molecule has 0 aliphatic rings. The normalized spacial score (nSPS) is 13.5. The van der Waals surface area contributed by atoms with E-state index in [1.807, 2.05) is 38.1 Å². The van der Waals surface area contributed by atoms with Crippen LogP contribution in [0.25, 0.3) is 0 Å². The van der Waals surface area contributed by atoms with Crippen LogP contribution >= 0.6 is 0 Å². The monoisotopic (exact) mass is 278 g/mol. The number of benzene rings is 1. The quantitative estimate of drug-likeness (QED) is 0.668. The van der Waals surface area contributed by atoms with Crippen LogP contribution in [-0.4, -0.2) is 24.5 Å². The van der Waals surface area contributed by atoms with Crippen LogP contribution in [0.5, 0.6) is 0 Å². The van der Waals surface area contributed by atoms with Crippen LogP contribution in [0.4, 0.5) is 0 Å². The summed E-state index contributed by atoms with van der Waals surface area (Å²) in [7, 11) is 0. The maximum absolute atomic E-state index is 10.8. The summed E-state index contributed by atoms with van der Waals surface area (Å²) >= 11 is 0. The number of rotatable bonds is 9. The summed E-state index contributed by atoms with van der Waals surface area (Å²) in [6.45, 7) is 4.37. The van der Waals surface area contributed by atoms with Crippen molar-refractivity contribution in [1.29, 1.82) is 0 Å². The highest BCUT2D eigenvalue weighted by Gasteiger charge is 2.17. The second-order valence-corrected chi connectivity index (χ2v) is 4.90. The number of aryl methyl sites for hydroxylation is 1. The van der Waals surface area contributed by atoms with Crippen LogP contribution in [0.2, 0.25) is 0 Å². The largest absolute Gasteiger partial charge is 0.372 e. The molecule has 2 amide bonds. The van der Waals surface area contributed by atoms with Gasteiger partial charge in [-0.2, -0.15) is 0 Å². The van der Waals surface area contributed by atoms with Gasteiger partial charge in [-0.25, -0.2) is 0 Å². The average Bonchev–Trinajstić information content (AvgIpc) is 2.42. The first-order chi connectivity index (χ1) is 9.52. The van der Waals surface area contributed by atoms with Crippen LogP contribution in [-0.2, 0) is 20.9 Å². The number of carbonyl (C=O) groups excluding carboxylic acids is 2. The predicted octanol–water partition coefficient (Wildman–Crippen LogP) is 1.28. The first kappa shape index (κ1) is 16.2. The summed E-state index contributed by atoms with van der Waals surface area (Å²) in [5.41, 5.74) is 7.39. The topological polar surface area (TPSA) is 81.4 Å². The highest BCUT2D eigenvalue weighted by atomic mass is 16.5. The molecular weight excluding hydrogens is 256 g/mol. The molecule has 5 nitrogen and oxygen atoms in total. The third-order valence-corrected chi connectivity index (χ3v) is 3.18. The Bertz CT molecular complexity index is 431. The SMILES string of the molecule is Cc1ccc(COC(C)C(CCC(N)=O)NC=O)cc1. The van der Waals surface area contributed by atoms with E-state index in [0.717, 1.165) is 5.56 Å². The molecule has 0 aromatic heterocycles. The van der Waals surface area contributed by atoms with Gasteiger partial charge in [-0.3, -0.25) is 9.59 Å². The Kier molecular flexibility index (Phi) is 6.73. The van der Waals surface area contributed by atoms with Crippen molar-refractivity contribution in [2.75, 3.05) is 0 Å². The van der Waals surface area contributed by atoms with E-state index >= 15 is 0 Å². The van der Waals surface area contributed by atoms with Crippen LogP contribution in [0.1, 0.15) is 30.9 Å². The van der Waals surface area contributed by atoms with Gasteiger partial charge in [-0.05, 0) is 25.8 Å². The first-order valence-electron chi connectivity index (χ1n) is 6.68. The molecule has 0 spiro atoms. The van der Waals surface area contributed by atoms with Gasteiger partial charge in [0.05, 0.1) is 18.8 Å². The lowest BCUT2D eigenvalue weighted by Gasteiger charge is -2.23. The fourth-order valence-corrected chi connectivity index (χ4v) is 1.87. The van der Waals surface area contributed by atoms with Crippen molar-refractivity contribution in [2.24, 2.45) is 5.73 Å². The third kappa shape index (κ3) is 5.84. The van der Waals surface area contributed by atoms with Crippen molar-refractivity contribution >= 4 is 12.3 Å². The van der Waals surface area contributed by atoms with E-state index < -0.39 is 0 Å². The zero-order chi connectivity index (χ0) is 15.0. The van der Waals surface area contributed by atoms with Crippen molar-refractivity contribution < 1.29 is 14.3 Å². The van der Waals surface area contributed by atoms with E-state index in [2.05, 4.69) is 5.32 Å². The van der Waals surface area contributed by atoms with E-state index in [1.165, 1.54) is 5.56 Å². The van der Waals surface area contributed by atoms with Gasteiger partial charge in [-0.15, -0.1) is 0 Å². The van der Waals surface area contributed by atoms with Gasteiger partial charge in [0.2, 0.25) is 12.3 Å². The summed E-state index contributed by atoms with van der Waals surface area (Å²) in [5, 5.41) is 2.67. The molecule has 0 saturated heterocycles. The maximum atomic E-state index is 10.8. The second kappa shape index (κ2) is 8.32. The zero-order valence-electron chi connectivity index (χ0n) is 12.0. The molecule has 5 heteroatoms. The molecule has 1 aromatic carbocycles. The Hall–Kier alpha value is -1.88. The zero-order valence-corrected chi connectivity index (χ0v) is 12.0. The van der Waals surface area contributed by atoms with Crippen LogP contribution in [0.15, 0.2) is 24.3 Å². The number of nitrogens with two attached hydrogens (primary N) is 1. The van der Waals surface area contributed by atoms with Crippen molar-refractivity contribution in [3.63, 3.8) is 0 Å². The predicted molar refractivity (Wildman–Crippen MR) is 76.8 cm³/mol. The lowest BCUT2D eigenvalue weighted by Crippen LogP contribution is -2.39. The van der Waals surface area contributed by atoms with Crippen LogP contribution < -0.4 is 11.1 Å². The molecule has 0 saturated carbocycles. The minimum absolute atomic E-state index is 0.194. The molecule has 2 unspecified atom stereocenters. The number of hydrogen-bond donors (Lipinski definition) is 2. The number of carbonyl (C=O) groups is 2. The van der Waals surface area contributed by atoms with Crippen molar-refractivity contribution in [1.82, 2.24) is 5.32 Å². The lowest BCUT2D eigenvalue weighted by atomic mass is 10.1. The first-order valence-corrected chi connectivity index (χ1v) is 6.68. The number of nitrogens with one attached hydrogen (secondary N) is 1. The summed E-state index contributed by atoms with van der Waals surface area (Å²) in [4.78, 5) is 21.4.